The van der Waals surface area contributed by atoms with E-state index in [2.05, 4.69) is 25.9 Å². The van der Waals surface area contributed by atoms with Gasteiger partial charge in [0.15, 0.2) is 0 Å². The largest absolute Gasteiger partial charge is 0.471 e. The number of aromatic nitrogens is 2. The lowest BCUT2D eigenvalue weighted by Gasteiger charge is -2.13. The molecule has 0 amide bonds. The van der Waals surface area contributed by atoms with Crippen LogP contribution >= 0.6 is 39.1 Å². The highest BCUT2D eigenvalue weighted by Gasteiger charge is 2.22. The van der Waals surface area contributed by atoms with Gasteiger partial charge in [-0.1, -0.05) is 35.3 Å². The van der Waals surface area contributed by atoms with Crippen LogP contribution in [0, 0.1) is 5.82 Å². The van der Waals surface area contributed by atoms with Crippen LogP contribution in [-0.2, 0) is 16.6 Å². The monoisotopic (exact) mass is 505 g/mol. The van der Waals surface area contributed by atoms with Crippen molar-refractivity contribution in [2.75, 3.05) is 0 Å². The predicted molar refractivity (Wildman–Crippen MR) is 107 cm³/mol. The third-order valence-electron chi connectivity index (χ3n) is 3.61. The number of hydrogen-bond donors (Lipinski definition) is 1. The fraction of sp³-hybridized carbons (Fsp3) is 0.0588. The van der Waals surface area contributed by atoms with E-state index in [0.29, 0.717) is 15.7 Å². The van der Waals surface area contributed by atoms with Crippen molar-refractivity contribution in [2.45, 2.75) is 11.5 Å². The molecule has 0 aliphatic rings. The van der Waals surface area contributed by atoms with Gasteiger partial charge < -0.3 is 4.74 Å². The number of rotatable bonds is 5. The summed E-state index contributed by atoms with van der Waals surface area (Å²) in [5.41, 5.74) is 1.27. The van der Waals surface area contributed by atoms with E-state index in [9.17, 15) is 12.8 Å². The molecule has 0 fully saturated rings. The first kappa shape index (κ1) is 20.9. The van der Waals surface area contributed by atoms with E-state index in [-0.39, 0.29) is 38.9 Å². The van der Waals surface area contributed by atoms with Gasteiger partial charge in [0, 0.05) is 5.56 Å². The van der Waals surface area contributed by atoms with Crippen LogP contribution in [0.5, 0.6) is 5.88 Å². The average Bonchev–Trinajstić information content (AvgIpc) is 2.63. The molecule has 11 heteroatoms. The van der Waals surface area contributed by atoms with Crippen LogP contribution in [-0.4, -0.2) is 18.4 Å². The molecule has 2 aromatic carbocycles. The molecule has 0 saturated heterocycles. The first-order chi connectivity index (χ1) is 13.2. The second kappa shape index (κ2) is 8.30. The molecule has 1 aromatic heterocycles. The second-order valence-corrected chi connectivity index (χ2v) is 8.64. The lowest BCUT2D eigenvalue weighted by molar-refractivity contribution is 0.293. The number of nitrogens with zero attached hydrogens (tertiary/aromatic N) is 2. The fourth-order valence-electron chi connectivity index (χ4n) is 2.30. The average molecular weight is 507 g/mol. The van der Waals surface area contributed by atoms with Crippen LogP contribution in [0.4, 0.5) is 4.39 Å². The zero-order chi connectivity index (χ0) is 20.5. The number of halogens is 4. The van der Waals surface area contributed by atoms with Crippen molar-refractivity contribution in [3.8, 4) is 17.1 Å². The molecule has 3 rings (SSSR count). The summed E-state index contributed by atoms with van der Waals surface area (Å²) in [6.45, 7) is 0.0963. The summed E-state index contributed by atoms with van der Waals surface area (Å²) in [4.78, 5) is 8.18. The predicted octanol–water partition coefficient (Wildman–Crippen LogP) is 4.58. The molecule has 28 heavy (non-hydrogen) atoms. The van der Waals surface area contributed by atoms with Crippen LogP contribution in [0.2, 0.25) is 10.0 Å². The highest BCUT2D eigenvalue weighted by Crippen LogP contribution is 2.39. The molecule has 2 N–H and O–H groups in total. The molecule has 6 nitrogen and oxygen atoms in total. The maximum absolute atomic E-state index is 13.0. The lowest BCUT2D eigenvalue weighted by Crippen LogP contribution is -2.13. The highest BCUT2D eigenvalue weighted by atomic mass is 79.9. The normalized spacial score (nSPS) is 11.5. The summed E-state index contributed by atoms with van der Waals surface area (Å²) >= 11 is 15.6. The molecule has 0 aliphatic heterocycles. The van der Waals surface area contributed by atoms with Crippen LogP contribution in [0.15, 0.2) is 52.1 Å². The van der Waals surface area contributed by atoms with E-state index in [1.54, 1.807) is 12.1 Å². The van der Waals surface area contributed by atoms with Crippen molar-refractivity contribution in [1.82, 2.24) is 9.97 Å². The van der Waals surface area contributed by atoms with Gasteiger partial charge in [0.2, 0.25) is 15.9 Å². The SMILES string of the molecule is NS(=O)(=O)c1ccc(-c2ncc(Br)nc2OCc2ccc(F)cc2)c(Cl)c1Cl. The Hall–Kier alpha value is -1.78. The third-order valence-corrected chi connectivity index (χ3v) is 5.94. The number of hydrogen-bond acceptors (Lipinski definition) is 5. The van der Waals surface area contributed by atoms with Gasteiger partial charge in [-0.3, -0.25) is 0 Å². The Balaban J connectivity index is 2.01. The van der Waals surface area contributed by atoms with E-state index < -0.39 is 10.0 Å². The quantitative estimate of drug-likeness (QED) is 0.546. The minimum absolute atomic E-state index is 0.0588. The molecular formula is C17H11BrCl2FN3O3S. The third kappa shape index (κ3) is 4.61. The summed E-state index contributed by atoms with van der Waals surface area (Å²) in [5, 5.41) is 4.85. The van der Waals surface area contributed by atoms with E-state index in [1.807, 2.05) is 0 Å². The fourth-order valence-corrected chi connectivity index (χ4v) is 3.97. The van der Waals surface area contributed by atoms with E-state index in [4.69, 9.17) is 33.1 Å². The van der Waals surface area contributed by atoms with Gasteiger partial charge in [0.1, 0.15) is 27.6 Å². The number of benzene rings is 2. The van der Waals surface area contributed by atoms with E-state index >= 15 is 0 Å². The highest BCUT2D eigenvalue weighted by molar-refractivity contribution is 9.10. The molecule has 0 radical (unpaired) electrons. The molecule has 0 spiro atoms. The molecule has 146 valence electrons. The Morgan fingerprint density at radius 1 is 1.11 bits per heavy atom. The number of primary sulfonamides is 1. The van der Waals surface area contributed by atoms with Gasteiger partial charge in [0.05, 0.1) is 16.2 Å². The van der Waals surface area contributed by atoms with Crippen molar-refractivity contribution in [3.63, 3.8) is 0 Å². The van der Waals surface area contributed by atoms with Crippen molar-refractivity contribution in [3.05, 3.63) is 68.6 Å². The molecule has 0 unspecified atom stereocenters. The minimum Gasteiger partial charge on any atom is -0.471 e. The van der Waals surface area contributed by atoms with Gasteiger partial charge in [0.25, 0.3) is 0 Å². The lowest BCUT2D eigenvalue weighted by atomic mass is 10.1. The molecule has 1 heterocycles. The van der Waals surface area contributed by atoms with Crippen molar-refractivity contribution in [2.24, 2.45) is 5.14 Å². The first-order valence-electron chi connectivity index (χ1n) is 7.58. The second-order valence-electron chi connectivity index (χ2n) is 5.55. The van der Waals surface area contributed by atoms with Crippen LogP contribution in [0.25, 0.3) is 11.3 Å². The summed E-state index contributed by atoms with van der Waals surface area (Å²) in [7, 11) is -4.04. The molecule has 0 atom stereocenters. The maximum atomic E-state index is 13.0. The van der Waals surface area contributed by atoms with Gasteiger partial charge in [-0.2, -0.15) is 0 Å². The molecule has 0 saturated carbocycles. The van der Waals surface area contributed by atoms with Crippen molar-refractivity contribution in [1.29, 1.82) is 0 Å². The van der Waals surface area contributed by atoms with Crippen molar-refractivity contribution < 1.29 is 17.5 Å². The standard InChI is InChI=1S/C17H11BrCl2FN3O3S/c18-13-7-23-16(11-5-6-12(28(22,25)26)15(20)14(11)19)17(24-13)27-8-9-1-3-10(21)4-2-9/h1-7H,8H2,(H2,22,25,26). The Labute approximate surface area is 178 Å². The summed E-state index contributed by atoms with van der Waals surface area (Å²) < 4.78 is 42.4. The Morgan fingerprint density at radius 3 is 2.43 bits per heavy atom. The van der Waals surface area contributed by atoms with Gasteiger partial charge in [-0.25, -0.2) is 27.9 Å². The van der Waals surface area contributed by atoms with Gasteiger partial charge in [-0.15, -0.1) is 0 Å². The first-order valence-corrected chi connectivity index (χ1v) is 10.7. The summed E-state index contributed by atoms with van der Waals surface area (Å²) in [5.74, 6) is -0.233. The number of sulfonamides is 1. The van der Waals surface area contributed by atoms with Crippen molar-refractivity contribution >= 4 is 49.2 Å². The van der Waals surface area contributed by atoms with Crippen LogP contribution in [0.1, 0.15) is 5.56 Å². The topological polar surface area (TPSA) is 95.2 Å². The maximum Gasteiger partial charge on any atom is 0.242 e. The zero-order valence-electron chi connectivity index (χ0n) is 13.9. The summed E-state index contributed by atoms with van der Waals surface area (Å²) in [6.07, 6.45) is 1.43. The van der Waals surface area contributed by atoms with Gasteiger partial charge >= 0.3 is 0 Å². The molecular weight excluding hydrogens is 496 g/mol. The van der Waals surface area contributed by atoms with Crippen LogP contribution < -0.4 is 9.88 Å². The molecule has 0 aliphatic carbocycles. The number of ether oxygens (including phenoxy) is 1. The minimum atomic E-state index is -4.04. The molecule has 3 aromatic rings. The number of nitrogens with two attached hydrogens (primary N) is 1. The van der Waals surface area contributed by atoms with E-state index in [0.717, 1.165) is 0 Å². The Bertz CT molecular complexity index is 1150. The summed E-state index contributed by atoms with van der Waals surface area (Å²) in [6, 6.07) is 8.42. The van der Waals surface area contributed by atoms with Gasteiger partial charge in [-0.05, 0) is 45.8 Å². The smallest absolute Gasteiger partial charge is 0.242 e. The zero-order valence-corrected chi connectivity index (χ0v) is 17.8. The Morgan fingerprint density at radius 2 is 1.79 bits per heavy atom. The Kier molecular flexibility index (Phi) is 6.21. The molecule has 0 bridgehead atoms. The van der Waals surface area contributed by atoms with E-state index in [1.165, 1.54) is 30.5 Å². The van der Waals surface area contributed by atoms with Crippen LogP contribution in [0.3, 0.4) is 0 Å².